The summed E-state index contributed by atoms with van der Waals surface area (Å²) in [5, 5.41) is 11.9. The Morgan fingerprint density at radius 2 is 2.06 bits per heavy atom. The first kappa shape index (κ1) is 23.3. The van der Waals surface area contributed by atoms with Gasteiger partial charge in [-0.3, -0.25) is 4.79 Å². The lowest BCUT2D eigenvalue weighted by Crippen LogP contribution is -2.28. The third-order valence-electron chi connectivity index (χ3n) is 6.03. The zero-order valence-electron chi connectivity index (χ0n) is 19.4. The second-order valence-electron chi connectivity index (χ2n) is 8.83. The molecule has 0 fully saturated rings. The highest BCUT2D eigenvalue weighted by Crippen LogP contribution is 2.39. The molecule has 8 heteroatoms. The summed E-state index contributed by atoms with van der Waals surface area (Å²) < 4.78 is 26.2. The summed E-state index contributed by atoms with van der Waals surface area (Å²) in [6.45, 7) is 0.620. The van der Waals surface area contributed by atoms with Crippen LogP contribution in [0.4, 0.5) is 4.39 Å². The summed E-state index contributed by atoms with van der Waals surface area (Å²) in [6, 6.07) is 17.4. The lowest BCUT2D eigenvalue weighted by Gasteiger charge is -2.30. The Morgan fingerprint density at radius 1 is 1.20 bits per heavy atom. The second-order valence-corrected chi connectivity index (χ2v) is 9.94. The number of rotatable bonds is 6. The van der Waals surface area contributed by atoms with Crippen molar-refractivity contribution in [3.63, 3.8) is 0 Å². The van der Waals surface area contributed by atoms with Crippen LogP contribution in [0.1, 0.15) is 32.6 Å². The van der Waals surface area contributed by atoms with E-state index >= 15 is 0 Å². The van der Waals surface area contributed by atoms with Crippen molar-refractivity contribution in [2.45, 2.75) is 19.1 Å². The normalized spacial score (nSPS) is 17.0. The number of carbonyl (C=O) groups is 1. The highest BCUT2D eigenvalue weighted by Gasteiger charge is 2.30. The maximum atomic E-state index is 13.4. The number of aliphatic hydroxyl groups excluding tert-OH is 1. The van der Waals surface area contributed by atoms with Gasteiger partial charge >= 0.3 is 0 Å². The molecular formula is C27H25FN2O4S. The zero-order chi connectivity index (χ0) is 24.5. The molecule has 35 heavy (non-hydrogen) atoms. The molecule has 2 heterocycles. The standard InChI is InChI=1S/C27H25FN2O4S/c1-30(2)27(32)17-5-3-4-16(10-17)11-18-14-34-23-8-7-20(13-21(23)26(18)31)33-15-25-29-22-12-19(28)6-9-24(22)35-25/h3-10,12-13,18,26,31H,11,14-15H2,1-2H3/t18-,26-/m1/s1. The van der Waals surface area contributed by atoms with Crippen LogP contribution in [0.25, 0.3) is 10.2 Å². The number of carbonyl (C=O) groups excluding carboxylic acids is 1. The lowest BCUT2D eigenvalue weighted by atomic mass is 9.87. The Kier molecular flexibility index (Phi) is 6.40. The minimum Gasteiger partial charge on any atom is -0.493 e. The first-order valence-corrected chi connectivity index (χ1v) is 12.1. The van der Waals surface area contributed by atoms with Crippen LogP contribution in [-0.2, 0) is 13.0 Å². The van der Waals surface area contributed by atoms with Crippen molar-refractivity contribution in [2.75, 3.05) is 20.7 Å². The highest BCUT2D eigenvalue weighted by atomic mass is 32.1. The molecule has 180 valence electrons. The van der Waals surface area contributed by atoms with Gasteiger partial charge in [0.25, 0.3) is 5.91 Å². The summed E-state index contributed by atoms with van der Waals surface area (Å²) in [5.41, 5.74) is 2.87. The van der Waals surface area contributed by atoms with Gasteiger partial charge in [-0.05, 0) is 54.4 Å². The van der Waals surface area contributed by atoms with Gasteiger partial charge in [0.1, 0.15) is 28.9 Å². The van der Waals surface area contributed by atoms with Gasteiger partial charge in [0.2, 0.25) is 0 Å². The molecule has 0 radical (unpaired) electrons. The van der Waals surface area contributed by atoms with Crippen molar-refractivity contribution in [1.29, 1.82) is 0 Å². The molecule has 2 atom stereocenters. The fourth-order valence-electron chi connectivity index (χ4n) is 4.24. The van der Waals surface area contributed by atoms with Crippen molar-refractivity contribution in [3.8, 4) is 11.5 Å². The SMILES string of the molecule is CN(C)C(=O)c1cccc(C[C@@H]2COc3ccc(OCc4nc5cc(F)ccc5s4)cc3[C@@H]2O)c1. The number of thiazole rings is 1. The number of aliphatic hydroxyl groups is 1. The monoisotopic (exact) mass is 492 g/mol. The first-order chi connectivity index (χ1) is 16.9. The van der Waals surface area contributed by atoms with Gasteiger partial charge in [-0.15, -0.1) is 11.3 Å². The molecule has 1 aromatic heterocycles. The van der Waals surface area contributed by atoms with Gasteiger partial charge in [-0.25, -0.2) is 9.37 Å². The van der Waals surface area contributed by atoms with Crippen molar-refractivity contribution < 1.29 is 23.8 Å². The summed E-state index contributed by atoms with van der Waals surface area (Å²) in [4.78, 5) is 18.3. The molecule has 3 aromatic carbocycles. The van der Waals surface area contributed by atoms with Crippen LogP contribution in [0.2, 0.25) is 0 Å². The fraction of sp³-hybridized carbons (Fsp3) is 0.259. The predicted octanol–water partition coefficient (Wildman–Crippen LogP) is 5.00. The quantitative estimate of drug-likeness (QED) is 0.410. The van der Waals surface area contributed by atoms with E-state index in [4.69, 9.17) is 9.47 Å². The number of hydrogen-bond acceptors (Lipinski definition) is 6. The first-order valence-electron chi connectivity index (χ1n) is 11.3. The van der Waals surface area contributed by atoms with Crippen LogP contribution in [0.5, 0.6) is 11.5 Å². The summed E-state index contributed by atoms with van der Waals surface area (Å²) >= 11 is 1.46. The summed E-state index contributed by atoms with van der Waals surface area (Å²) in [7, 11) is 3.45. The van der Waals surface area contributed by atoms with E-state index in [1.54, 1.807) is 49.3 Å². The van der Waals surface area contributed by atoms with Gasteiger partial charge < -0.3 is 19.5 Å². The molecule has 0 unspecified atom stereocenters. The molecule has 1 aliphatic rings. The highest BCUT2D eigenvalue weighted by molar-refractivity contribution is 7.18. The topological polar surface area (TPSA) is 71.9 Å². The number of fused-ring (bicyclic) bond motifs is 2. The number of ether oxygens (including phenoxy) is 2. The van der Waals surface area contributed by atoms with E-state index < -0.39 is 6.10 Å². The molecule has 1 amide bonds. The largest absolute Gasteiger partial charge is 0.493 e. The van der Waals surface area contributed by atoms with E-state index in [0.29, 0.717) is 41.2 Å². The van der Waals surface area contributed by atoms with E-state index in [2.05, 4.69) is 4.98 Å². The van der Waals surface area contributed by atoms with Crippen LogP contribution in [-0.4, -0.2) is 41.6 Å². The van der Waals surface area contributed by atoms with E-state index in [9.17, 15) is 14.3 Å². The Labute approximate surface area is 206 Å². The Morgan fingerprint density at radius 3 is 2.89 bits per heavy atom. The smallest absolute Gasteiger partial charge is 0.253 e. The minimum absolute atomic E-state index is 0.0577. The number of amides is 1. The van der Waals surface area contributed by atoms with Crippen molar-refractivity contribution >= 4 is 27.5 Å². The van der Waals surface area contributed by atoms with Crippen molar-refractivity contribution in [3.05, 3.63) is 88.2 Å². The Balaban J connectivity index is 1.29. The molecular weight excluding hydrogens is 467 g/mol. The maximum Gasteiger partial charge on any atom is 0.253 e. The maximum absolute atomic E-state index is 13.4. The van der Waals surface area contributed by atoms with Gasteiger partial charge in [-0.2, -0.15) is 0 Å². The summed E-state index contributed by atoms with van der Waals surface area (Å²) in [5.74, 6) is 0.688. The Hall–Kier alpha value is -3.49. The predicted molar refractivity (Wildman–Crippen MR) is 132 cm³/mol. The zero-order valence-corrected chi connectivity index (χ0v) is 20.2. The van der Waals surface area contributed by atoms with Gasteiger partial charge in [0.05, 0.1) is 22.9 Å². The molecule has 0 saturated heterocycles. The number of benzene rings is 3. The van der Waals surface area contributed by atoms with E-state index in [0.717, 1.165) is 15.3 Å². The lowest BCUT2D eigenvalue weighted by molar-refractivity contribution is 0.0504. The minimum atomic E-state index is -0.735. The fourth-order valence-corrected chi connectivity index (χ4v) is 5.10. The molecule has 0 aliphatic carbocycles. The number of aromatic nitrogens is 1. The van der Waals surface area contributed by atoms with Crippen LogP contribution in [0, 0.1) is 11.7 Å². The molecule has 1 N–H and O–H groups in total. The van der Waals surface area contributed by atoms with Gasteiger partial charge in [0, 0.05) is 37.2 Å². The van der Waals surface area contributed by atoms with Gasteiger partial charge in [0.15, 0.2) is 0 Å². The van der Waals surface area contributed by atoms with E-state index in [-0.39, 0.29) is 24.2 Å². The number of hydrogen-bond donors (Lipinski definition) is 1. The molecule has 0 spiro atoms. The summed E-state index contributed by atoms with van der Waals surface area (Å²) in [6.07, 6.45) is -0.163. The molecule has 6 nitrogen and oxygen atoms in total. The molecule has 0 saturated carbocycles. The second kappa shape index (κ2) is 9.64. The third-order valence-corrected chi connectivity index (χ3v) is 7.04. The van der Waals surface area contributed by atoms with Crippen LogP contribution < -0.4 is 9.47 Å². The molecule has 4 aromatic rings. The molecule has 5 rings (SSSR count). The van der Waals surface area contributed by atoms with E-state index in [1.807, 2.05) is 18.2 Å². The molecule has 1 aliphatic heterocycles. The molecule has 0 bridgehead atoms. The number of nitrogens with zero attached hydrogens (tertiary/aromatic N) is 2. The van der Waals surface area contributed by atoms with Gasteiger partial charge in [-0.1, -0.05) is 12.1 Å². The van der Waals surface area contributed by atoms with E-state index in [1.165, 1.54) is 23.5 Å². The van der Waals surface area contributed by atoms with Crippen molar-refractivity contribution in [2.24, 2.45) is 5.92 Å². The van der Waals surface area contributed by atoms with Crippen LogP contribution in [0.3, 0.4) is 0 Å². The third kappa shape index (κ3) is 4.99. The average molecular weight is 493 g/mol. The Bertz CT molecular complexity index is 1390. The van der Waals surface area contributed by atoms with Crippen LogP contribution in [0.15, 0.2) is 60.7 Å². The van der Waals surface area contributed by atoms with Crippen molar-refractivity contribution in [1.82, 2.24) is 9.88 Å². The average Bonchev–Trinajstić information content (AvgIpc) is 3.26. The van der Waals surface area contributed by atoms with Crippen LogP contribution >= 0.6 is 11.3 Å². The number of halogens is 1.